The van der Waals surface area contributed by atoms with Gasteiger partial charge in [0.1, 0.15) is 0 Å². The Hall–Kier alpha value is -2.14. The minimum absolute atomic E-state index is 0.0422. The summed E-state index contributed by atoms with van der Waals surface area (Å²) in [5.41, 5.74) is 2.96. The van der Waals surface area contributed by atoms with Crippen molar-refractivity contribution in [2.75, 3.05) is 18.1 Å². The zero-order valence-electron chi connectivity index (χ0n) is 16.7. The summed E-state index contributed by atoms with van der Waals surface area (Å²) in [5, 5.41) is 0. The summed E-state index contributed by atoms with van der Waals surface area (Å²) in [6, 6.07) is 17.8. The lowest BCUT2D eigenvalue weighted by Crippen LogP contribution is -2.43. The second-order valence-corrected chi connectivity index (χ2v) is 10.3. The Morgan fingerprint density at radius 2 is 1.71 bits per heavy atom. The van der Waals surface area contributed by atoms with Crippen molar-refractivity contribution in [2.24, 2.45) is 5.92 Å². The van der Waals surface area contributed by atoms with E-state index in [9.17, 15) is 13.2 Å². The fourth-order valence-electron chi connectivity index (χ4n) is 3.84. The number of aryl methyl sites for hydroxylation is 2. The molecule has 1 amide bonds. The molecule has 1 aliphatic rings. The first-order chi connectivity index (χ1) is 13.4. The number of amides is 1. The molecule has 1 fully saturated rings. The third-order valence-corrected chi connectivity index (χ3v) is 7.00. The second-order valence-electron chi connectivity index (χ2n) is 8.05. The van der Waals surface area contributed by atoms with Gasteiger partial charge in [0.25, 0.3) is 5.91 Å². The van der Waals surface area contributed by atoms with Gasteiger partial charge in [0.15, 0.2) is 9.84 Å². The fraction of sp³-hybridized carbons (Fsp3) is 0.435. The van der Waals surface area contributed by atoms with Crippen LogP contribution in [-0.2, 0) is 22.7 Å². The molecule has 2 aromatic carbocycles. The molecule has 0 aromatic heterocycles. The molecule has 0 bridgehead atoms. The van der Waals surface area contributed by atoms with Crippen molar-refractivity contribution in [3.8, 4) is 0 Å². The van der Waals surface area contributed by atoms with Gasteiger partial charge in [0.05, 0.1) is 11.5 Å². The number of carbonyl (C=O) groups excluding carboxylic acids is 1. The van der Waals surface area contributed by atoms with Crippen molar-refractivity contribution < 1.29 is 13.2 Å². The van der Waals surface area contributed by atoms with Crippen molar-refractivity contribution in [3.63, 3.8) is 0 Å². The Morgan fingerprint density at radius 1 is 1.04 bits per heavy atom. The van der Waals surface area contributed by atoms with E-state index in [-0.39, 0.29) is 29.4 Å². The Bertz CT molecular complexity index is 906. The minimum atomic E-state index is -3.04. The normalized spacial score (nSPS) is 18.3. The molecule has 0 aliphatic carbocycles. The van der Waals surface area contributed by atoms with E-state index in [0.717, 1.165) is 18.4 Å². The molecule has 1 heterocycles. The highest BCUT2D eigenvalue weighted by atomic mass is 32.2. The van der Waals surface area contributed by atoms with E-state index in [1.54, 1.807) is 4.90 Å². The minimum Gasteiger partial charge on any atom is -0.334 e. The number of sulfone groups is 1. The van der Waals surface area contributed by atoms with Crippen LogP contribution >= 0.6 is 0 Å². The van der Waals surface area contributed by atoms with Gasteiger partial charge >= 0.3 is 0 Å². The molecule has 0 saturated carbocycles. The third kappa shape index (κ3) is 5.22. The summed E-state index contributed by atoms with van der Waals surface area (Å²) in [7, 11) is -3.04. The molecule has 2 aromatic rings. The van der Waals surface area contributed by atoms with Crippen molar-refractivity contribution in [1.29, 1.82) is 0 Å². The molecule has 0 spiro atoms. The van der Waals surface area contributed by atoms with Gasteiger partial charge < -0.3 is 4.90 Å². The van der Waals surface area contributed by atoms with Gasteiger partial charge in [-0.2, -0.15) is 0 Å². The van der Waals surface area contributed by atoms with Crippen LogP contribution in [0.25, 0.3) is 0 Å². The summed E-state index contributed by atoms with van der Waals surface area (Å²) in [6.07, 6.45) is 2.19. The molecule has 0 N–H and O–H groups in total. The van der Waals surface area contributed by atoms with E-state index < -0.39 is 9.84 Å². The molecule has 4 nitrogen and oxygen atoms in total. The number of carbonyl (C=O) groups is 1. The molecule has 5 heteroatoms. The van der Waals surface area contributed by atoms with Crippen LogP contribution < -0.4 is 0 Å². The monoisotopic (exact) mass is 399 g/mol. The van der Waals surface area contributed by atoms with Crippen LogP contribution in [0.15, 0.2) is 54.6 Å². The predicted octanol–water partition coefficient (Wildman–Crippen LogP) is 3.76. The first-order valence-corrected chi connectivity index (χ1v) is 11.8. The van der Waals surface area contributed by atoms with Crippen LogP contribution in [0.3, 0.4) is 0 Å². The molecule has 3 rings (SSSR count). The van der Waals surface area contributed by atoms with Crippen LogP contribution in [0, 0.1) is 5.92 Å². The summed E-state index contributed by atoms with van der Waals surface area (Å²) >= 11 is 0. The summed E-state index contributed by atoms with van der Waals surface area (Å²) < 4.78 is 24.0. The van der Waals surface area contributed by atoms with E-state index in [1.165, 1.54) is 5.56 Å². The van der Waals surface area contributed by atoms with Crippen molar-refractivity contribution in [2.45, 2.75) is 39.2 Å². The van der Waals surface area contributed by atoms with E-state index in [4.69, 9.17) is 0 Å². The number of rotatable bonds is 7. The SMILES string of the molecule is CC(C)CN(C(=O)c1ccccc1CCc1ccccc1)C1CCS(=O)(=O)C1. The van der Waals surface area contributed by atoms with Gasteiger partial charge in [-0.3, -0.25) is 4.79 Å². The standard InChI is InChI=1S/C23H29NO3S/c1-18(2)16-24(21-14-15-28(26,27)17-21)23(25)22-11-7-6-10-20(22)13-12-19-8-4-3-5-9-19/h3-11,18,21H,12-17H2,1-2H3. The molecular weight excluding hydrogens is 370 g/mol. The second kappa shape index (κ2) is 8.91. The largest absolute Gasteiger partial charge is 0.334 e. The van der Waals surface area contributed by atoms with Gasteiger partial charge in [-0.1, -0.05) is 62.4 Å². The third-order valence-electron chi connectivity index (χ3n) is 5.25. The van der Waals surface area contributed by atoms with Gasteiger partial charge in [-0.25, -0.2) is 8.42 Å². The Kier molecular flexibility index (Phi) is 6.55. The van der Waals surface area contributed by atoms with E-state index in [1.807, 2.05) is 42.5 Å². The van der Waals surface area contributed by atoms with Crippen molar-refractivity contribution in [1.82, 2.24) is 4.90 Å². The molecule has 1 saturated heterocycles. The molecular formula is C23H29NO3S. The van der Waals surface area contributed by atoms with Crippen LogP contribution in [0.2, 0.25) is 0 Å². The van der Waals surface area contributed by atoms with Crippen LogP contribution in [0.4, 0.5) is 0 Å². The Labute approximate surface area is 168 Å². The molecule has 150 valence electrons. The van der Waals surface area contributed by atoms with E-state index >= 15 is 0 Å². The Balaban J connectivity index is 1.82. The van der Waals surface area contributed by atoms with E-state index in [0.29, 0.717) is 18.5 Å². The topological polar surface area (TPSA) is 54.5 Å². The maximum atomic E-state index is 13.4. The number of benzene rings is 2. The Morgan fingerprint density at radius 3 is 2.36 bits per heavy atom. The highest BCUT2D eigenvalue weighted by Crippen LogP contribution is 2.23. The van der Waals surface area contributed by atoms with Gasteiger partial charge in [-0.15, -0.1) is 0 Å². The molecule has 1 aliphatic heterocycles. The first kappa shape index (κ1) is 20.6. The molecule has 0 radical (unpaired) electrons. The highest BCUT2D eigenvalue weighted by molar-refractivity contribution is 7.91. The first-order valence-electron chi connectivity index (χ1n) is 9.99. The average Bonchev–Trinajstić information content (AvgIpc) is 3.04. The van der Waals surface area contributed by atoms with Crippen LogP contribution in [0.1, 0.15) is 41.8 Å². The van der Waals surface area contributed by atoms with Crippen molar-refractivity contribution >= 4 is 15.7 Å². The van der Waals surface area contributed by atoms with Crippen LogP contribution in [0.5, 0.6) is 0 Å². The van der Waals surface area contributed by atoms with Crippen LogP contribution in [-0.4, -0.2) is 43.3 Å². The summed E-state index contributed by atoms with van der Waals surface area (Å²) in [4.78, 5) is 15.2. The maximum Gasteiger partial charge on any atom is 0.254 e. The zero-order chi connectivity index (χ0) is 20.1. The summed E-state index contributed by atoms with van der Waals surface area (Å²) in [5.74, 6) is 0.496. The number of hydrogen-bond acceptors (Lipinski definition) is 3. The summed E-state index contributed by atoms with van der Waals surface area (Å²) in [6.45, 7) is 4.70. The van der Waals surface area contributed by atoms with Gasteiger partial charge in [0.2, 0.25) is 0 Å². The van der Waals surface area contributed by atoms with Gasteiger partial charge in [0, 0.05) is 18.2 Å². The number of nitrogens with zero attached hydrogens (tertiary/aromatic N) is 1. The molecule has 1 unspecified atom stereocenters. The zero-order valence-corrected chi connectivity index (χ0v) is 17.5. The average molecular weight is 400 g/mol. The molecule has 28 heavy (non-hydrogen) atoms. The smallest absolute Gasteiger partial charge is 0.254 e. The van der Waals surface area contributed by atoms with Crippen molar-refractivity contribution in [3.05, 3.63) is 71.3 Å². The predicted molar refractivity (Wildman–Crippen MR) is 113 cm³/mol. The quantitative estimate of drug-likeness (QED) is 0.712. The number of hydrogen-bond donors (Lipinski definition) is 0. The lowest BCUT2D eigenvalue weighted by molar-refractivity contribution is 0.0671. The lowest BCUT2D eigenvalue weighted by Gasteiger charge is -2.30. The highest BCUT2D eigenvalue weighted by Gasteiger charge is 2.35. The molecule has 1 atom stereocenters. The van der Waals surface area contributed by atoms with E-state index in [2.05, 4.69) is 26.0 Å². The van der Waals surface area contributed by atoms with Gasteiger partial charge in [-0.05, 0) is 42.4 Å². The fourth-order valence-corrected chi connectivity index (χ4v) is 5.57. The lowest BCUT2D eigenvalue weighted by atomic mass is 9.98. The maximum absolute atomic E-state index is 13.4.